The number of amides is 1. The third-order valence-electron chi connectivity index (χ3n) is 1.05. The summed E-state index contributed by atoms with van der Waals surface area (Å²) in [5.41, 5.74) is 0. The molecule has 0 saturated carbocycles. The van der Waals surface area contributed by atoms with Crippen molar-refractivity contribution in [1.29, 1.82) is 0 Å². The van der Waals surface area contributed by atoms with E-state index in [9.17, 15) is 4.79 Å². The van der Waals surface area contributed by atoms with E-state index in [2.05, 4.69) is 4.74 Å². The van der Waals surface area contributed by atoms with Gasteiger partial charge in [0.2, 0.25) is 0 Å². The van der Waals surface area contributed by atoms with Crippen molar-refractivity contribution in [2.75, 3.05) is 13.7 Å². The second-order valence-electron chi connectivity index (χ2n) is 1.68. The summed E-state index contributed by atoms with van der Waals surface area (Å²) < 4.78 is 4.68. The van der Waals surface area contributed by atoms with Gasteiger partial charge in [-0.25, -0.2) is 4.79 Å². The minimum absolute atomic E-state index is 0.174. The first-order valence-corrected chi connectivity index (χ1v) is 2.29. The molecule has 1 amide bonds. The molecular weight excluding hydrogens is 110 g/mol. The van der Waals surface area contributed by atoms with Crippen LogP contribution in [0.1, 0.15) is 0 Å². The molecule has 0 aromatic carbocycles. The van der Waals surface area contributed by atoms with E-state index in [-0.39, 0.29) is 6.23 Å². The Labute approximate surface area is 46.7 Å². The molecule has 1 unspecified atom stereocenters. The minimum Gasteiger partial charge on any atom is -0.465 e. The highest BCUT2D eigenvalue weighted by Crippen LogP contribution is 2.12. The fourth-order valence-electron chi connectivity index (χ4n) is 0.390. The van der Waals surface area contributed by atoms with Crippen molar-refractivity contribution in [1.82, 2.24) is 4.90 Å². The summed E-state index contributed by atoms with van der Waals surface area (Å²) >= 11 is 0. The fraction of sp³-hybridized carbons (Fsp3) is 0.750. The molecule has 0 aromatic rings. The van der Waals surface area contributed by atoms with Gasteiger partial charge in [-0.1, -0.05) is 0 Å². The summed E-state index contributed by atoms with van der Waals surface area (Å²) in [5.74, 6) is 0. The van der Waals surface area contributed by atoms with Crippen LogP contribution in [0.3, 0.4) is 0 Å². The highest BCUT2D eigenvalue weighted by molar-refractivity contribution is 5.65. The van der Waals surface area contributed by atoms with Crippen LogP contribution in [0.5, 0.6) is 0 Å². The van der Waals surface area contributed by atoms with Crippen molar-refractivity contribution in [2.45, 2.75) is 6.23 Å². The molecule has 0 aromatic heterocycles. The van der Waals surface area contributed by atoms with Crippen molar-refractivity contribution in [3.8, 4) is 0 Å². The quantitative estimate of drug-likeness (QED) is 0.490. The molecule has 1 aliphatic heterocycles. The van der Waals surface area contributed by atoms with Crippen LogP contribution in [0.2, 0.25) is 0 Å². The maximum Gasteiger partial charge on any atom is 0.409 e. The monoisotopic (exact) mass is 117 g/mol. The lowest BCUT2D eigenvalue weighted by Gasteiger charge is -2.06. The van der Waals surface area contributed by atoms with Gasteiger partial charge in [0.1, 0.15) is 0 Å². The van der Waals surface area contributed by atoms with Crippen molar-refractivity contribution in [2.24, 2.45) is 0 Å². The van der Waals surface area contributed by atoms with E-state index < -0.39 is 6.09 Å². The van der Waals surface area contributed by atoms with Crippen LogP contribution < -0.4 is 0 Å². The normalized spacial score (nSPS) is 24.9. The van der Waals surface area contributed by atoms with Gasteiger partial charge < -0.3 is 9.84 Å². The number of likely N-dealkylation sites (N-methyl/N-ethyl adjacent to an activating group) is 1. The van der Waals surface area contributed by atoms with Crippen LogP contribution in [0.4, 0.5) is 4.79 Å². The van der Waals surface area contributed by atoms with Gasteiger partial charge in [0, 0.05) is 7.05 Å². The van der Waals surface area contributed by atoms with Gasteiger partial charge in [-0.2, -0.15) is 0 Å². The predicted octanol–water partition coefficient (Wildman–Crippen LogP) is -0.0475. The Hall–Kier alpha value is -0.770. The van der Waals surface area contributed by atoms with E-state index in [1.165, 1.54) is 7.05 Å². The zero-order chi connectivity index (χ0) is 6.15. The van der Waals surface area contributed by atoms with Gasteiger partial charge in [-0.05, 0) is 0 Å². The fourth-order valence-corrected chi connectivity index (χ4v) is 0.390. The molecule has 4 nitrogen and oxygen atoms in total. The summed E-state index contributed by atoms with van der Waals surface area (Å²) in [4.78, 5) is 11.2. The Morgan fingerprint density at radius 1 is 2.00 bits per heavy atom. The molecule has 1 aliphatic rings. The molecule has 1 atom stereocenters. The maximum absolute atomic E-state index is 10.0. The molecule has 1 heterocycles. The first kappa shape index (κ1) is 5.37. The minimum atomic E-state index is -0.938. The van der Waals surface area contributed by atoms with Gasteiger partial charge in [0.05, 0.1) is 6.61 Å². The van der Waals surface area contributed by atoms with Crippen molar-refractivity contribution >= 4 is 6.09 Å². The summed E-state index contributed by atoms with van der Waals surface area (Å²) in [6, 6.07) is 0. The first-order valence-electron chi connectivity index (χ1n) is 2.29. The molecule has 1 N–H and O–H groups in total. The standard InChI is InChI=1S/C4H7NO3/c1-5(4(6)7)3-2-8-3/h3H,2H2,1H3,(H,6,7). The van der Waals surface area contributed by atoms with E-state index in [0.29, 0.717) is 6.61 Å². The highest BCUT2D eigenvalue weighted by atomic mass is 16.6. The number of rotatable bonds is 1. The van der Waals surface area contributed by atoms with Crippen LogP contribution in [0.15, 0.2) is 0 Å². The third kappa shape index (κ3) is 0.894. The van der Waals surface area contributed by atoms with Gasteiger partial charge in [0.25, 0.3) is 0 Å². The topological polar surface area (TPSA) is 53.1 Å². The lowest BCUT2D eigenvalue weighted by molar-refractivity contribution is 0.134. The molecular formula is C4H7NO3. The SMILES string of the molecule is CN(C(=O)O)C1CO1. The zero-order valence-electron chi connectivity index (χ0n) is 4.50. The summed E-state index contributed by atoms with van der Waals surface area (Å²) in [7, 11) is 1.49. The highest BCUT2D eigenvalue weighted by Gasteiger charge is 2.30. The molecule has 0 aliphatic carbocycles. The number of hydrogen-bond donors (Lipinski definition) is 1. The molecule has 46 valence electrons. The second-order valence-corrected chi connectivity index (χ2v) is 1.68. The number of hydrogen-bond acceptors (Lipinski definition) is 2. The maximum atomic E-state index is 10.0. The van der Waals surface area contributed by atoms with Crippen LogP contribution in [-0.2, 0) is 4.74 Å². The zero-order valence-corrected chi connectivity index (χ0v) is 4.50. The summed E-state index contributed by atoms with van der Waals surface area (Å²) in [6.45, 7) is 0.544. The molecule has 0 radical (unpaired) electrons. The lowest BCUT2D eigenvalue weighted by atomic mass is 10.7. The Balaban J connectivity index is 2.32. The van der Waals surface area contributed by atoms with E-state index >= 15 is 0 Å². The van der Waals surface area contributed by atoms with Gasteiger partial charge in [-0.3, -0.25) is 4.90 Å². The Morgan fingerprint density at radius 3 is 2.62 bits per heavy atom. The van der Waals surface area contributed by atoms with Gasteiger partial charge >= 0.3 is 6.09 Å². The summed E-state index contributed by atoms with van der Waals surface area (Å²) in [6.07, 6.45) is -1.11. The van der Waals surface area contributed by atoms with Crippen LogP contribution in [-0.4, -0.2) is 36.0 Å². The van der Waals surface area contributed by atoms with Crippen LogP contribution in [0.25, 0.3) is 0 Å². The van der Waals surface area contributed by atoms with E-state index in [4.69, 9.17) is 5.11 Å². The third-order valence-corrected chi connectivity index (χ3v) is 1.05. The molecule has 1 saturated heterocycles. The number of ether oxygens (including phenoxy) is 1. The number of carbonyl (C=O) groups is 1. The van der Waals surface area contributed by atoms with Crippen LogP contribution >= 0.6 is 0 Å². The molecule has 4 heteroatoms. The molecule has 1 rings (SSSR count). The molecule has 0 spiro atoms. The van der Waals surface area contributed by atoms with Gasteiger partial charge in [0.15, 0.2) is 6.23 Å². The molecule has 0 bridgehead atoms. The Morgan fingerprint density at radius 2 is 2.50 bits per heavy atom. The second kappa shape index (κ2) is 1.63. The van der Waals surface area contributed by atoms with E-state index in [0.717, 1.165) is 4.90 Å². The van der Waals surface area contributed by atoms with Crippen molar-refractivity contribution in [3.63, 3.8) is 0 Å². The average molecular weight is 117 g/mol. The number of nitrogens with zero attached hydrogens (tertiary/aromatic N) is 1. The van der Waals surface area contributed by atoms with E-state index in [1.54, 1.807) is 0 Å². The lowest BCUT2D eigenvalue weighted by Crippen LogP contribution is -2.27. The van der Waals surface area contributed by atoms with Crippen LogP contribution in [0, 0.1) is 0 Å². The Kier molecular flexibility index (Phi) is 1.09. The van der Waals surface area contributed by atoms with Crippen molar-refractivity contribution in [3.05, 3.63) is 0 Å². The largest absolute Gasteiger partial charge is 0.465 e. The number of epoxide rings is 1. The van der Waals surface area contributed by atoms with Gasteiger partial charge in [-0.15, -0.1) is 0 Å². The Bertz CT molecular complexity index is 110. The predicted molar refractivity (Wildman–Crippen MR) is 25.5 cm³/mol. The average Bonchev–Trinajstić information content (AvgIpc) is 2.43. The smallest absolute Gasteiger partial charge is 0.409 e. The molecule has 8 heavy (non-hydrogen) atoms. The number of carboxylic acid groups (broad SMARTS) is 1. The summed E-state index contributed by atoms with van der Waals surface area (Å²) in [5, 5.41) is 8.24. The molecule has 1 fully saturated rings. The first-order chi connectivity index (χ1) is 3.72. The van der Waals surface area contributed by atoms with E-state index in [1.807, 2.05) is 0 Å². The van der Waals surface area contributed by atoms with Crippen molar-refractivity contribution < 1.29 is 14.6 Å².